The number of hydrogen-bond acceptors (Lipinski definition) is 6. The summed E-state index contributed by atoms with van der Waals surface area (Å²) in [6, 6.07) is -0.485. The highest BCUT2D eigenvalue weighted by atomic mass is 32.1. The van der Waals surface area contributed by atoms with E-state index < -0.39 is 17.7 Å². The Hall–Kier alpha value is -2.16. The number of amides is 3. The van der Waals surface area contributed by atoms with Crippen LogP contribution in [-0.4, -0.2) is 70.5 Å². The van der Waals surface area contributed by atoms with Gasteiger partial charge in [-0.1, -0.05) is 0 Å². The molecule has 2 aliphatic rings. The molecule has 0 aliphatic carbocycles. The predicted octanol–water partition coefficient (Wildman–Crippen LogP) is 2.82. The molecule has 0 unspecified atom stereocenters. The Kier molecular flexibility index (Phi) is 7.00. The fraction of sp³-hybridized carbons (Fsp3) is 0.714. The van der Waals surface area contributed by atoms with Crippen molar-refractivity contribution in [2.24, 2.45) is 5.92 Å². The molecule has 2 saturated heterocycles. The average Bonchev–Trinajstić information content (AvgIpc) is 3.33. The summed E-state index contributed by atoms with van der Waals surface area (Å²) < 4.78 is 5.44. The minimum Gasteiger partial charge on any atom is -0.444 e. The lowest BCUT2D eigenvalue weighted by Gasteiger charge is -2.33. The van der Waals surface area contributed by atoms with Crippen LogP contribution in [0.3, 0.4) is 0 Å². The second-order valence-corrected chi connectivity index (χ2v) is 9.96. The average molecular weight is 437 g/mol. The molecule has 3 heterocycles. The van der Waals surface area contributed by atoms with Crippen LogP contribution in [0.2, 0.25) is 0 Å². The third-order valence-corrected chi connectivity index (χ3v) is 6.41. The van der Waals surface area contributed by atoms with Gasteiger partial charge in [-0.3, -0.25) is 14.5 Å². The van der Waals surface area contributed by atoms with Crippen LogP contribution < -0.4 is 5.32 Å². The molecule has 1 N–H and O–H groups in total. The Morgan fingerprint density at radius 1 is 1.23 bits per heavy atom. The molecule has 3 rings (SSSR count). The van der Waals surface area contributed by atoms with Gasteiger partial charge in [-0.2, -0.15) is 0 Å². The van der Waals surface area contributed by atoms with Gasteiger partial charge in [0.15, 0.2) is 0 Å². The molecular formula is C21H32N4O4S. The topological polar surface area (TPSA) is 91.8 Å². The zero-order valence-electron chi connectivity index (χ0n) is 18.3. The van der Waals surface area contributed by atoms with Gasteiger partial charge in [0.05, 0.1) is 11.2 Å². The van der Waals surface area contributed by atoms with Gasteiger partial charge in [0.1, 0.15) is 16.5 Å². The summed E-state index contributed by atoms with van der Waals surface area (Å²) in [5, 5.41) is 3.01. The SMILES string of the molecule is Cc1ncsc1C(=O)N1CCC[C@H](CNC(=O)[C@@H]2CCCN2C(=O)OC(C)(C)C)C1. The number of ether oxygens (including phenoxy) is 1. The van der Waals surface area contributed by atoms with Crippen molar-refractivity contribution >= 4 is 29.2 Å². The normalized spacial score (nSPS) is 22.1. The standard InChI is InChI=1S/C21H32N4O4S/c1-14-17(30-13-23-14)19(27)24-9-5-7-15(12-24)11-22-18(26)16-8-6-10-25(16)20(28)29-21(2,3)4/h13,15-16H,5-12H2,1-4H3,(H,22,26)/t15-,16+/m1/s1. The van der Waals surface area contributed by atoms with Gasteiger partial charge >= 0.3 is 6.09 Å². The highest BCUT2D eigenvalue weighted by Gasteiger charge is 2.37. The number of aryl methyl sites for hydroxylation is 1. The van der Waals surface area contributed by atoms with Crippen LogP contribution in [0.15, 0.2) is 5.51 Å². The fourth-order valence-corrected chi connectivity index (χ4v) is 4.78. The Morgan fingerprint density at radius 2 is 1.97 bits per heavy atom. The Labute approximate surface area is 182 Å². The van der Waals surface area contributed by atoms with Crippen molar-refractivity contribution in [3.05, 3.63) is 16.1 Å². The molecule has 0 bridgehead atoms. The van der Waals surface area contributed by atoms with Gasteiger partial charge in [0.2, 0.25) is 5.91 Å². The molecule has 0 aromatic carbocycles. The van der Waals surface area contributed by atoms with E-state index in [-0.39, 0.29) is 17.7 Å². The minimum atomic E-state index is -0.588. The molecule has 2 atom stereocenters. The monoisotopic (exact) mass is 436 g/mol. The van der Waals surface area contributed by atoms with E-state index in [4.69, 9.17) is 4.74 Å². The third-order valence-electron chi connectivity index (χ3n) is 5.49. The molecule has 3 amide bonds. The molecule has 2 fully saturated rings. The van der Waals surface area contributed by atoms with Crippen LogP contribution in [0, 0.1) is 12.8 Å². The van der Waals surface area contributed by atoms with E-state index in [1.165, 1.54) is 16.2 Å². The molecule has 1 aromatic heterocycles. The molecule has 1 aromatic rings. The predicted molar refractivity (Wildman–Crippen MR) is 114 cm³/mol. The van der Waals surface area contributed by atoms with Crippen LogP contribution >= 0.6 is 11.3 Å². The lowest BCUT2D eigenvalue weighted by atomic mass is 9.97. The zero-order valence-corrected chi connectivity index (χ0v) is 19.1. The van der Waals surface area contributed by atoms with Gasteiger partial charge < -0.3 is 15.0 Å². The Balaban J connectivity index is 1.52. The molecule has 0 radical (unpaired) electrons. The van der Waals surface area contributed by atoms with Gasteiger partial charge in [-0.05, 0) is 59.3 Å². The lowest BCUT2D eigenvalue weighted by molar-refractivity contribution is -0.125. The first-order valence-electron chi connectivity index (χ1n) is 10.6. The second kappa shape index (κ2) is 9.32. The fourth-order valence-electron chi connectivity index (χ4n) is 4.01. The summed E-state index contributed by atoms with van der Waals surface area (Å²) in [7, 11) is 0. The van der Waals surface area contributed by atoms with Gasteiger partial charge in [-0.25, -0.2) is 9.78 Å². The van der Waals surface area contributed by atoms with Gasteiger partial charge in [-0.15, -0.1) is 11.3 Å². The summed E-state index contributed by atoms with van der Waals surface area (Å²) in [6.07, 6.45) is 2.88. The summed E-state index contributed by atoms with van der Waals surface area (Å²) in [5.74, 6) is 0.0919. The maximum Gasteiger partial charge on any atom is 0.410 e. The maximum absolute atomic E-state index is 12.8. The molecule has 9 heteroatoms. The van der Waals surface area contributed by atoms with E-state index >= 15 is 0 Å². The van der Waals surface area contributed by atoms with Crippen molar-refractivity contribution in [3.63, 3.8) is 0 Å². The Bertz CT molecular complexity index is 788. The quantitative estimate of drug-likeness (QED) is 0.784. The first-order chi connectivity index (χ1) is 14.2. The molecule has 0 spiro atoms. The minimum absolute atomic E-state index is 0.0259. The van der Waals surface area contributed by atoms with E-state index in [0.29, 0.717) is 30.9 Å². The summed E-state index contributed by atoms with van der Waals surface area (Å²) in [5.41, 5.74) is 1.88. The molecule has 0 saturated carbocycles. The molecule has 8 nitrogen and oxygen atoms in total. The number of carbonyl (C=O) groups is 3. The third kappa shape index (κ3) is 5.50. The number of thiazole rings is 1. The van der Waals surface area contributed by atoms with Gasteiger partial charge in [0.25, 0.3) is 5.91 Å². The van der Waals surface area contributed by atoms with E-state index in [9.17, 15) is 14.4 Å². The first-order valence-corrected chi connectivity index (χ1v) is 11.5. The molecule has 166 valence electrons. The Morgan fingerprint density at radius 3 is 2.63 bits per heavy atom. The summed E-state index contributed by atoms with van der Waals surface area (Å²) in [4.78, 5) is 46.2. The van der Waals surface area contributed by atoms with Crippen molar-refractivity contribution in [3.8, 4) is 0 Å². The van der Waals surface area contributed by atoms with Crippen LogP contribution in [0.5, 0.6) is 0 Å². The van der Waals surface area contributed by atoms with Crippen molar-refractivity contribution < 1.29 is 19.1 Å². The first kappa shape index (κ1) is 22.5. The second-order valence-electron chi connectivity index (χ2n) is 9.10. The van der Waals surface area contributed by atoms with Gasteiger partial charge in [0, 0.05) is 26.2 Å². The number of nitrogens with zero attached hydrogens (tertiary/aromatic N) is 3. The largest absolute Gasteiger partial charge is 0.444 e. The number of hydrogen-bond donors (Lipinski definition) is 1. The highest BCUT2D eigenvalue weighted by molar-refractivity contribution is 7.11. The summed E-state index contributed by atoms with van der Waals surface area (Å²) in [6.45, 7) is 9.70. The van der Waals surface area contributed by atoms with E-state index in [1.807, 2.05) is 32.6 Å². The van der Waals surface area contributed by atoms with Crippen molar-refractivity contribution in [1.29, 1.82) is 0 Å². The van der Waals surface area contributed by atoms with Crippen LogP contribution in [0.25, 0.3) is 0 Å². The van der Waals surface area contributed by atoms with Crippen molar-refractivity contribution in [2.45, 2.75) is 65.0 Å². The number of carbonyl (C=O) groups excluding carboxylic acids is 3. The zero-order chi connectivity index (χ0) is 21.9. The van der Waals surface area contributed by atoms with Crippen LogP contribution in [0.1, 0.15) is 61.8 Å². The maximum atomic E-state index is 12.8. The highest BCUT2D eigenvalue weighted by Crippen LogP contribution is 2.23. The molecule has 30 heavy (non-hydrogen) atoms. The van der Waals surface area contributed by atoms with E-state index in [1.54, 1.807) is 5.51 Å². The van der Waals surface area contributed by atoms with Crippen LogP contribution in [0.4, 0.5) is 4.79 Å². The van der Waals surface area contributed by atoms with E-state index in [2.05, 4.69) is 10.3 Å². The van der Waals surface area contributed by atoms with Crippen molar-refractivity contribution in [1.82, 2.24) is 20.1 Å². The van der Waals surface area contributed by atoms with Crippen LogP contribution in [-0.2, 0) is 9.53 Å². The number of nitrogens with one attached hydrogen (secondary N) is 1. The van der Waals surface area contributed by atoms with E-state index in [0.717, 1.165) is 31.5 Å². The number of piperidine rings is 1. The lowest BCUT2D eigenvalue weighted by Crippen LogP contribution is -2.49. The molecular weight excluding hydrogens is 404 g/mol. The number of likely N-dealkylation sites (tertiary alicyclic amines) is 2. The number of rotatable bonds is 4. The molecule has 2 aliphatic heterocycles. The van der Waals surface area contributed by atoms with Crippen molar-refractivity contribution in [2.75, 3.05) is 26.2 Å². The number of aromatic nitrogens is 1. The smallest absolute Gasteiger partial charge is 0.410 e. The summed E-state index contributed by atoms with van der Waals surface area (Å²) >= 11 is 1.37.